The summed E-state index contributed by atoms with van der Waals surface area (Å²) in [6.07, 6.45) is 2.43. The lowest BCUT2D eigenvalue weighted by Gasteiger charge is -2.34. The normalized spacial score (nSPS) is 20.1. The van der Waals surface area contributed by atoms with Crippen LogP contribution in [-0.2, 0) is 4.79 Å². The molecule has 1 rings (SSSR count). The molecule has 1 saturated carbocycles. The number of hydrogen-bond donors (Lipinski definition) is 2. The predicted molar refractivity (Wildman–Crippen MR) is 64.6 cm³/mol. The van der Waals surface area contributed by atoms with Gasteiger partial charge in [-0.25, -0.2) is 0 Å². The van der Waals surface area contributed by atoms with Crippen molar-refractivity contribution < 1.29 is 9.90 Å². The molecule has 4 nitrogen and oxygen atoms in total. The highest BCUT2D eigenvalue weighted by Gasteiger charge is 2.39. The lowest BCUT2D eigenvalue weighted by Crippen LogP contribution is -2.59. The molecule has 0 aromatic heterocycles. The largest absolute Gasteiger partial charge is 0.480 e. The summed E-state index contributed by atoms with van der Waals surface area (Å²) in [5, 5.41) is 12.5. The fraction of sp³-hybridized carbons (Fsp3) is 0.917. The maximum absolute atomic E-state index is 11.4. The Kier molecular flexibility index (Phi) is 4.33. The Morgan fingerprint density at radius 3 is 2.44 bits per heavy atom. The summed E-state index contributed by atoms with van der Waals surface area (Å²) in [4.78, 5) is 13.6. The van der Waals surface area contributed by atoms with Crippen molar-refractivity contribution in [1.82, 2.24) is 10.2 Å². The predicted octanol–water partition coefficient (Wildman–Crippen LogP) is 1.31. The summed E-state index contributed by atoms with van der Waals surface area (Å²) in [6.45, 7) is 9.34. The summed E-state index contributed by atoms with van der Waals surface area (Å²) in [6, 6.07) is 0.789. The molecule has 1 aliphatic carbocycles. The van der Waals surface area contributed by atoms with Crippen LogP contribution < -0.4 is 5.32 Å². The minimum absolute atomic E-state index is 0.180. The first kappa shape index (κ1) is 13.5. The molecule has 1 aliphatic rings. The number of nitrogens with one attached hydrogen (secondary N) is 1. The van der Waals surface area contributed by atoms with Crippen molar-refractivity contribution in [1.29, 1.82) is 0 Å². The number of carboxylic acid groups (broad SMARTS) is 1. The average molecular weight is 228 g/mol. The van der Waals surface area contributed by atoms with Gasteiger partial charge in [-0.3, -0.25) is 15.0 Å². The van der Waals surface area contributed by atoms with E-state index in [1.165, 1.54) is 12.8 Å². The molecule has 1 unspecified atom stereocenters. The molecule has 0 bridgehead atoms. The molecule has 4 heteroatoms. The van der Waals surface area contributed by atoms with Gasteiger partial charge in [-0.15, -0.1) is 0 Å². The standard InChI is InChI=1S/C12H24N2O2/c1-5-14(10-6-7-10)8-12(4,11(15)16)13-9(2)3/h9-10,13H,5-8H2,1-4H3,(H,15,16). The molecule has 94 valence electrons. The van der Waals surface area contributed by atoms with E-state index in [0.29, 0.717) is 12.6 Å². The van der Waals surface area contributed by atoms with Crippen molar-refractivity contribution in [3.8, 4) is 0 Å². The molecule has 0 heterocycles. The van der Waals surface area contributed by atoms with Gasteiger partial charge in [0.1, 0.15) is 5.54 Å². The molecule has 1 atom stereocenters. The van der Waals surface area contributed by atoms with E-state index in [9.17, 15) is 9.90 Å². The van der Waals surface area contributed by atoms with Gasteiger partial charge < -0.3 is 5.11 Å². The van der Waals surface area contributed by atoms with Crippen molar-refractivity contribution in [3.63, 3.8) is 0 Å². The van der Waals surface area contributed by atoms with E-state index in [0.717, 1.165) is 6.54 Å². The van der Waals surface area contributed by atoms with Crippen molar-refractivity contribution in [2.75, 3.05) is 13.1 Å². The molecule has 0 radical (unpaired) electrons. The topological polar surface area (TPSA) is 52.6 Å². The maximum Gasteiger partial charge on any atom is 0.324 e. The lowest BCUT2D eigenvalue weighted by molar-refractivity contribution is -0.145. The Bertz CT molecular complexity index is 251. The zero-order chi connectivity index (χ0) is 12.3. The fourth-order valence-corrected chi connectivity index (χ4v) is 2.16. The summed E-state index contributed by atoms with van der Waals surface area (Å²) in [5.41, 5.74) is -0.841. The van der Waals surface area contributed by atoms with E-state index >= 15 is 0 Å². The summed E-state index contributed by atoms with van der Waals surface area (Å²) >= 11 is 0. The van der Waals surface area contributed by atoms with Crippen molar-refractivity contribution >= 4 is 5.97 Å². The number of hydrogen-bond acceptors (Lipinski definition) is 3. The van der Waals surface area contributed by atoms with Crippen LogP contribution in [0.1, 0.15) is 40.5 Å². The first-order valence-corrected chi connectivity index (χ1v) is 6.14. The van der Waals surface area contributed by atoms with Gasteiger partial charge in [0, 0.05) is 18.6 Å². The monoisotopic (exact) mass is 228 g/mol. The lowest BCUT2D eigenvalue weighted by atomic mass is 10.0. The van der Waals surface area contributed by atoms with Crippen molar-refractivity contribution in [2.45, 2.75) is 58.2 Å². The molecule has 0 aromatic rings. The van der Waals surface area contributed by atoms with Crippen molar-refractivity contribution in [3.05, 3.63) is 0 Å². The van der Waals surface area contributed by atoms with Gasteiger partial charge >= 0.3 is 5.97 Å². The Balaban J connectivity index is 2.64. The number of nitrogens with zero attached hydrogens (tertiary/aromatic N) is 1. The highest BCUT2D eigenvalue weighted by molar-refractivity contribution is 5.78. The molecule has 0 saturated heterocycles. The summed E-state index contributed by atoms with van der Waals surface area (Å²) < 4.78 is 0. The minimum Gasteiger partial charge on any atom is -0.480 e. The van der Waals surface area contributed by atoms with E-state index in [2.05, 4.69) is 17.1 Å². The third kappa shape index (κ3) is 3.46. The van der Waals surface area contributed by atoms with Crippen LogP contribution in [0, 0.1) is 0 Å². The number of aliphatic carboxylic acids is 1. The van der Waals surface area contributed by atoms with E-state index in [1.807, 2.05) is 13.8 Å². The van der Waals surface area contributed by atoms with Gasteiger partial charge in [-0.05, 0) is 40.2 Å². The van der Waals surface area contributed by atoms with Gasteiger partial charge in [0.15, 0.2) is 0 Å². The minimum atomic E-state index is -0.841. The zero-order valence-electron chi connectivity index (χ0n) is 10.8. The van der Waals surface area contributed by atoms with Crippen LogP contribution in [0.2, 0.25) is 0 Å². The van der Waals surface area contributed by atoms with E-state index in [1.54, 1.807) is 6.92 Å². The molecule has 0 spiro atoms. The molecular formula is C12H24N2O2. The molecule has 0 aromatic carbocycles. The van der Waals surface area contributed by atoms with E-state index < -0.39 is 11.5 Å². The van der Waals surface area contributed by atoms with Crippen LogP contribution in [0.5, 0.6) is 0 Å². The first-order valence-electron chi connectivity index (χ1n) is 6.14. The van der Waals surface area contributed by atoms with Gasteiger partial charge in [0.05, 0.1) is 0 Å². The van der Waals surface area contributed by atoms with Gasteiger partial charge in [-0.2, -0.15) is 0 Å². The van der Waals surface area contributed by atoms with Crippen LogP contribution in [0.15, 0.2) is 0 Å². The van der Waals surface area contributed by atoms with E-state index in [-0.39, 0.29) is 6.04 Å². The van der Waals surface area contributed by atoms with Crippen LogP contribution in [0.3, 0.4) is 0 Å². The fourth-order valence-electron chi connectivity index (χ4n) is 2.16. The molecule has 1 fully saturated rings. The summed E-state index contributed by atoms with van der Waals surface area (Å²) in [5.74, 6) is -0.764. The van der Waals surface area contributed by atoms with Crippen LogP contribution in [-0.4, -0.2) is 46.7 Å². The Morgan fingerprint density at radius 1 is 1.56 bits per heavy atom. The van der Waals surface area contributed by atoms with Crippen LogP contribution >= 0.6 is 0 Å². The Hall–Kier alpha value is -0.610. The second kappa shape index (κ2) is 5.15. The van der Waals surface area contributed by atoms with Gasteiger partial charge in [0.2, 0.25) is 0 Å². The smallest absolute Gasteiger partial charge is 0.324 e. The molecule has 16 heavy (non-hydrogen) atoms. The average Bonchev–Trinajstić information content (AvgIpc) is 2.96. The highest BCUT2D eigenvalue weighted by atomic mass is 16.4. The molecular weight excluding hydrogens is 204 g/mol. The van der Waals surface area contributed by atoms with E-state index in [4.69, 9.17) is 0 Å². The molecule has 0 aliphatic heterocycles. The van der Waals surface area contributed by atoms with Gasteiger partial charge in [-0.1, -0.05) is 6.92 Å². The molecule has 2 N–H and O–H groups in total. The Labute approximate surface area is 98.0 Å². The maximum atomic E-state index is 11.4. The number of rotatable bonds is 7. The number of carboxylic acids is 1. The van der Waals surface area contributed by atoms with Crippen molar-refractivity contribution in [2.24, 2.45) is 0 Å². The van der Waals surface area contributed by atoms with Gasteiger partial charge in [0.25, 0.3) is 0 Å². The third-order valence-electron chi connectivity index (χ3n) is 3.07. The quantitative estimate of drug-likeness (QED) is 0.690. The van der Waals surface area contributed by atoms with Crippen LogP contribution in [0.4, 0.5) is 0 Å². The zero-order valence-corrected chi connectivity index (χ0v) is 10.8. The third-order valence-corrected chi connectivity index (χ3v) is 3.07. The van der Waals surface area contributed by atoms with Crippen LogP contribution in [0.25, 0.3) is 0 Å². The number of likely N-dealkylation sites (N-methyl/N-ethyl adjacent to an activating group) is 1. The highest BCUT2D eigenvalue weighted by Crippen LogP contribution is 2.28. The first-order chi connectivity index (χ1) is 7.39. The SMILES string of the molecule is CCN(CC(C)(NC(C)C)C(=O)O)C1CC1. The number of carbonyl (C=O) groups is 1. The second-order valence-electron chi connectivity index (χ2n) is 5.23. The molecule has 0 amide bonds. The Morgan fingerprint density at radius 2 is 2.12 bits per heavy atom. The summed E-state index contributed by atoms with van der Waals surface area (Å²) in [7, 11) is 0. The second-order valence-corrected chi connectivity index (χ2v) is 5.23.